The van der Waals surface area contributed by atoms with Crippen molar-refractivity contribution in [2.45, 2.75) is 26.5 Å². The van der Waals surface area contributed by atoms with E-state index >= 15 is 0 Å². The van der Waals surface area contributed by atoms with Gasteiger partial charge in [0.2, 0.25) is 0 Å². The Morgan fingerprint density at radius 2 is 2.10 bits per heavy atom. The van der Waals surface area contributed by atoms with Crippen LogP contribution >= 0.6 is 0 Å². The zero-order chi connectivity index (χ0) is 14.8. The van der Waals surface area contributed by atoms with Crippen LogP contribution in [0.1, 0.15) is 22.5 Å². The van der Waals surface area contributed by atoms with Crippen molar-refractivity contribution in [2.75, 3.05) is 6.54 Å². The van der Waals surface area contributed by atoms with Crippen LogP contribution in [0, 0.1) is 6.92 Å². The number of aromatic nitrogens is 2. The zero-order valence-corrected chi connectivity index (χ0v) is 12.4. The van der Waals surface area contributed by atoms with E-state index in [0.29, 0.717) is 13.1 Å². The fraction of sp³-hybridized carbons (Fsp3) is 0.375. The van der Waals surface area contributed by atoms with Gasteiger partial charge in [0.15, 0.2) is 0 Å². The molecule has 0 fully saturated rings. The highest BCUT2D eigenvalue weighted by atomic mass is 16.6. The van der Waals surface area contributed by atoms with Crippen LogP contribution in [0.25, 0.3) is 0 Å². The maximum Gasteiger partial charge on any atom is 0.410 e. The predicted octanol–water partition coefficient (Wildman–Crippen LogP) is 2.42. The molecule has 0 radical (unpaired) electrons. The second-order valence-corrected chi connectivity index (χ2v) is 5.40. The number of hydrogen-bond donors (Lipinski definition) is 0. The minimum atomic E-state index is -0.261. The first kappa shape index (κ1) is 13.7. The molecule has 5 nitrogen and oxygen atoms in total. The number of amides is 1. The number of carbonyl (C=O) groups excluding carboxylic acids is 1. The van der Waals surface area contributed by atoms with Crippen LogP contribution in [0.15, 0.2) is 30.3 Å². The molecule has 0 spiro atoms. The van der Waals surface area contributed by atoms with Crippen molar-refractivity contribution in [3.63, 3.8) is 0 Å². The second-order valence-electron chi connectivity index (χ2n) is 5.40. The summed E-state index contributed by atoms with van der Waals surface area (Å²) < 4.78 is 7.15. The molecular formula is C16H19N3O2. The van der Waals surface area contributed by atoms with Crippen LogP contribution in [0.2, 0.25) is 0 Å². The van der Waals surface area contributed by atoms with Gasteiger partial charge in [-0.1, -0.05) is 24.3 Å². The van der Waals surface area contributed by atoms with E-state index in [1.165, 1.54) is 11.1 Å². The Balaban J connectivity index is 1.61. The van der Waals surface area contributed by atoms with Crippen molar-refractivity contribution in [1.29, 1.82) is 0 Å². The summed E-state index contributed by atoms with van der Waals surface area (Å²) >= 11 is 0. The lowest BCUT2D eigenvalue weighted by atomic mass is 10.0. The Kier molecular flexibility index (Phi) is 3.64. The van der Waals surface area contributed by atoms with E-state index in [1.54, 1.807) is 9.58 Å². The van der Waals surface area contributed by atoms with Crippen molar-refractivity contribution >= 4 is 6.09 Å². The first-order valence-corrected chi connectivity index (χ1v) is 7.11. The third-order valence-electron chi connectivity index (χ3n) is 3.83. The summed E-state index contributed by atoms with van der Waals surface area (Å²) in [6, 6.07) is 10.2. The molecule has 1 aliphatic heterocycles. The molecule has 2 aromatic rings. The molecule has 0 unspecified atom stereocenters. The standard InChI is InChI=1S/C16H19N3O2/c1-12-9-15(18(2)17-12)11-21-16(20)19-8-7-13-5-3-4-6-14(13)10-19/h3-6,9H,7-8,10-11H2,1-2H3. The van der Waals surface area contributed by atoms with Gasteiger partial charge in [-0.25, -0.2) is 4.79 Å². The molecule has 110 valence electrons. The van der Waals surface area contributed by atoms with E-state index < -0.39 is 0 Å². The normalized spacial score (nSPS) is 13.9. The second kappa shape index (κ2) is 5.60. The van der Waals surface area contributed by atoms with Crippen molar-refractivity contribution in [3.8, 4) is 0 Å². The Bertz CT molecular complexity index is 663. The molecule has 1 aliphatic rings. The molecule has 21 heavy (non-hydrogen) atoms. The van der Waals surface area contributed by atoms with Gasteiger partial charge in [0, 0.05) is 20.1 Å². The topological polar surface area (TPSA) is 47.4 Å². The Morgan fingerprint density at radius 3 is 2.81 bits per heavy atom. The van der Waals surface area contributed by atoms with Crippen LogP contribution in [-0.4, -0.2) is 27.3 Å². The monoisotopic (exact) mass is 285 g/mol. The molecule has 1 aromatic heterocycles. The predicted molar refractivity (Wildman–Crippen MR) is 78.7 cm³/mol. The summed E-state index contributed by atoms with van der Waals surface area (Å²) in [6.45, 7) is 3.51. The molecule has 5 heteroatoms. The summed E-state index contributed by atoms with van der Waals surface area (Å²) in [5, 5.41) is 4.24. The SMILES string of the molecule is Cc1cc(COC(=O)N2CCc3ccccc3C2)n(C)n1. The quantitative estimate of drug-likeness (QED) is 0.851. The van der Waals surface area contributed by atoms with E-state index in [4.69, 9.17) is 4.74 Å². The first-order chi connectivity index (χ1) is 10.1. The molecule has 1 amide bonds. The molecular weight excluding hydrogens is 266 g/mol. The highest BCUT2D eigenvalue weighted by molar-refractivity contribution is 5.68. The third kappa shape index (κ3) is 2.91. The van der Waals surface area contributed by atoms with Crippen LogP contribution in [0.5, 0.6) is 0 Å². The smallest absolute Gasteiger partial charge is 0.410 e. The fourth-order valence-electron chi connectivity index (χ4n) is 2.68. The number of benzene rings is 1. The molecule has 1 aromatic carbocycles. The van der Waals surface area contributed by atoms with Gasteiger partial charge in [0.1, 0.15) is 6.61 Å². The minimum Gasteiger partial charge on any atom is -0.443 e. The Morgan fingerprint density at radius 1 is 1.33 bits per heavy atom. The maximum atomic E-state index is 12.2. The van der Waals surface area contributed by atoms with Gasteiger partial charge < -0.3 is 9.64 Å². The Labute approximate surface area is 124 Å². The van der Waals surface area contributed by atoms with Crippen molar-refractivity contribution in [3.05, 3.63) is 52.8 Å². The van der Waals surface area contributed by atoms with E-state index in [-0.39, 0.29) is 12.7 Å². The number of rotatable bonds is 2. The van der Waals surface area contributed by atoms with Crippen molar-refractivity contribution in [1.82, 2.24) is 14.7 Å². The average molecular weight is 285 g/mol. The summed E-state index contributed by atoms with van der Waals surface area (Å²) in [7, 11) is 1.85. The van der Waals surface area contributed by atoms with Gasteiger partial charge >= 0.3 is 6.09 Å². The number of ether oxygens (including phenoxy) is 1. The summed E-state index contributed by atoms with van der Waals surface area (Å²) in [4.78, 5) is 13.9. The molecule has 0 saturated heterocycles. The molecule has 0 bridgehead atoms. The van der Waals surface area contributed by atoms with E-state index in [2.05, 4.69) is 17.2 Å². The van der Waals surface area contributed by atoms with E-state index in [9.17, 15) is 4.79 Å². The Hall–Kier alpha value is -2.30. The fourth-order valence-corrected chi connectivity index (χ4v) is 2.68. The molecule has 0 saturated carbocycles. The molecule has 0 aliphatic carbocycles. The van der Waals surface area contributed by atoms with Crippen molar-refractivity contribution < 1.29 is 9.53 Å². The number of fused-ring (bicyclic) bond motifs is 1. The van der Waals surface area contributed by atoms with Crippen LogP contribution in [-0.2, 0) is 31.4 Å². The van der Waals surface area contributed by atoms with Crippen LogP contribution in [0.4, 0.5) is 4.79 Å². The minimum absolute atomic E-state index is 0.258. The average Bonchev–Trinajstić information content (AvgIpc) is 2.82. The number of nitrogens with zero attached hydrogens (tertiary/aromatic N) is 3. The highest BCUT2D eigenvalue weighted by Gasteiger charge is 2.21. The molecule has 0 N–H and O–H groups in total. The molecule has 3 rings (SSSR count). The summed E-state index contributed by atoms with van der Waals surface area (Å²) in [6.07, 6.45) is 0.624. The number of hydrogen-bond acceptors (Lipinski definition) is 3. The van der Waals surface area contributed by atoms with Gasteiger partial charge in [-0.3, -0.25) is 4.68 Å². The van der Waals surface area contributed by atoms with Gasteiger partial charge in [-0.15, -0.1) is 0 Å². The van der Waals surface area contributed by atoms with Gasteiger partial charge in [-0.2, -0.15) is 5.10 Å². The lowest BCUT2D eigenvalue weighted by Crippen LogP contribution is -2.36. The van der Waals surface area contributed by atoms with Gasteiger partial charge in [0.25, 0.3) is 0 Å². The lowest BCUT2D eigenvalue weighted by molar-refractivity contribution is 0.0898. The van der Waals surface area contributed by atoms with E-state index in [0.717, 1.165) is 17.8 Å². The largest absolute Gasteiger partial charge is 0.443 e. The lowest BCUT2D eigenvalue weighted by Gasteiger charge is -2.28. The number of carbonyl (C=O) groups is 1. The van der Waals surface area contributed by atoms with Crippen LogP contribution < -0.4 is 0 Å². The number of aryl methyl sites for hydroxylation is 2. The van der Waals surface area contributed by atoms with Crippen LogP contribution in [0.3, 0.4) is 0 Å². The maximum absolute atomic E-state index is 12.2. The summed E-state index contributed by atoms with van der Waals surface area (Å²) in [5.74, 6) is 0. The molecule has 2 heterocycles. The zero-order valence-electron chi connectivity index (χ0n) is 12.4. The first-order valence-electron chi connectivity index (χ1n) is 7.11. The third-order valence-corrected chi connectivity index (χ3v) is 3.83. The van der Waals surface area contributed by atoms with Crippen molar-refractivity contribution in [2.24, 2.45) is 7.05 Å². The van der Waals surface area contributed by atoms with Gasteiger partial charge in [-0.05, 0) is 30.5 Å². The highest BCUT2D eigenvalue weighted by Crippen LogP contribution is 2.19. The van der Waals surface area contributed by atoms with Gasteiger partial charge in [0.05, 0.1) is 11.4 Å². The van der Waals surface area contributed by atoms with E-state index in [1.807, 2.05) is 32.2 Å². The molecule has 0 atom stereocenters. The summed E-state index contributed by atoms with van der Waals surface area (Å²) in [5.41, 5.74) is 4.36.